The molecule has 2 aromatic carbocycles. The van der Waals surface area contributed by atoms with E-state index in [-0.39, 0.29) is 11.3 Å². The largest absolute Gasteiger partial charge is 0.344 e. The molecule has 26 heavy (non-hydrogen) atoms. The second-order valence-corrected chi connectivity index (χ2v) is 5.81. The number of carbonyl (C=O) groups is 3. The predicted octanol–water partition coefficient (Wildman–Crippen LogP) is 1.71. The van der Waals surface area contributed by atoms with Crippen LogP contribution in [0, 0.1) is 10.1 Å². The minimum Gasteiger partial charge on any atom is -0.318 e. The van der Waals surface area contributed by atoms with Gasteiger partial charge in [-0.2, -0.15) is 5.01 Å². The standard InChI is InChI=1S/C17H14N4O5/c1-17(12-5-3-2-4-6-12)15(23)20(16(24)18-17)19-14(22)11-7-9-13(10-8-11)21(25)26/h2-10H,1H3,(H,18,24)(H,19,22). The van der Waals surface area contributed by atoms with Gasteiger partial charge in [0.25, 0.3) is 17.5 Å². The van der Waals surface area contributed by atoms with Crippen LogP contribution in [0.15, 0.2) is 54.6 Å². The summed E-state index contributed by atoms with van der Waals surface area (Å²) in [5.41, 5.74) is 1.40. The van der Waals surface area contributed by atoms with Crippen molar-refractivity contribution in [1.82, 2.24) is 15.8 Å². The van der Waals surface area contributed by atoms with E-state index in [4.69, 9.17) is 0 Å². The zero-order valence-corrected chi connectivity index (χ0v) is 13.6. The monoisotopic (exact) mass is 354 g/mol. The van der Waals surface area contributed by atoms with Crippen molar-refractivity contribution in [2.75, 3.05) is 0 Å². The van der Waals surface area contributed by atoms with Crippen molar-refractivity contribution < 1.29 is 19.3 Å². The highest BCUT2D eigenvalue weighted by molar-refractivity contribution is 6.09. The number of non-ortho nitro benzene ring substituents is 1. The summed E-state index contributed by atoms with van der Waals surface area (Å²) in [6.07, 6.45) is 0. The lowest BCUT2D eigenvalue weighted by Crippen LogP contribution is -2.47. The molecule has 1 aliphatic heterocycles. The van der Waals surface area contributed by atoms with Gasteiger partial charge in [-0.3, -0.25) is 25.1 Å². The second-order valence-electron chi connectivity index (χ2n) is 5.81. The summed E-state index contributed by atoms with van der Waals surface area (Å²) >= 11 is 0. The number of hydrogen-bond acceptors (Lipinski definition) is 5. The number of rotatable bonds is 4. The lowest BCUT2D eigenvalue weighted by atomic mass is 9.92. The zero-order chi connectivity index (χ0) is 18.9. The van der Waals surface area contributed by atoms with E-state index in [1.54, 1.807) is 37.3 Å². The van der Waals surface area contributed by atoms with Crippen molar-refractivity contribution in [1.29, 1.82) is 0 Å². The Balaban J connectivity index is 1.79. The van der Waals surface area contributed by atoms with E-state index in [1.807, 2.05) is 0 Å². The van der Waals surface area contributed by atoms with Gasteiger partial charge in [0.15, 0.2) is 0 Å². The number of benzene rings is 2. The topological polar surface area (TPSA) is 122 Å². The average Bonchev–Trinajstić information content (AvgIpc) is 2.86. The number of hydrogen-bond donors (Lipinski definition) is 2. The molecule has 2 aromatic rings. The summed E-state index contributed by atoms with van der Waals surface area (Å²) in [5, 5.41) is 13.8. The quantitative estimate of drug-likeness (QED) is 0.492. The molecule has 4 amide bonds. The SMILES string of the molecule is CC1(c2ccccc2)NC(=O)N(NC(=O)c2ccc([N+](=O)[O-])cc2)C1=O. The maximum absolute atomic E-state index is 12.7. The molecule has 1 saturated heterocycles. The second kappa shape index (κ2) is 6.28. The van der Waals surface area contributed by atoms with E-state index >= 15 is 0 Å². The van der Waals surface area contributed by atoms with Crippen LogP contribution in [0.4, 0.5) is 10.5 Å². The van der Waals surface area contributed by atoms with Crippen molar-refractivity contribution in [2.24, 2.45) is 0 Å². The van der Waals surface area contributed by atoms with Crippen molar-refractivity contribution in [3.8, 4) is 0 Å². The third-order valence-corrected chi connectivity index (χ3v) is 4.10. The van der Waals surface area contributed by atoms with E-state index in [9.17, 15) is 24.5 Å². The minimum absolute atomic E-state index is 0.0736. The number of nitrogens with zero attached hydrogens (tertiary/aromatic N) is 2. The van der Waals surface area contributed by atoms with Crippen molar-refractivity contribution in [3.05, 3.63) is 75.8 Å². The molecule has 0 spiro atoms. The number of carbonyl (C=O) groups excluding carboxylic acids is 3. The Morgan fingerprint density at radius 1 is 1.12 bits per heavy atom. The van der Waals surface area contributed by atoms with Gasteiger partial charge in [0.2, 0.25) is 0 Å². The third kappa shape index (κ3) is 2.86. The summed E-state index contributed by atoms with van der Waals surface area (Å²) in [6, 6.07) is 12.7. The number of amides is 4. The zero-order valence-electron chi connectivity index (χ0n) is 13.6. The van der Waals surface area contributed by atoms with Crippen LogP contribution in [-0.2, 0) is 10.3 Å². The van der Waals surface area contributed by atoms with E-state index in [0.29, 0.717) is 10.6 Å². The highest BCUT2D eigenvalue weighted by Gasteiger charge is 2.50. The molecule has 1 aliphatic rings. The van der Waals surface area contributed by atoms with Crippen LogP contribution in [0.5, 0.6) is 0 Å². The van der Waals surface area contributed by atoms with Gasteiger partial charge in [-0.1, -0.05) is 30.3 Å². The van der Waals surface area contributed by atoms with Gasteiger partial charge < -0.3 is 5.32 Å². The number of hydrazine groups is 1. The van der Waals surface area contributed by atoms with Gasteiger partial charge in [0.1, 0.15) is 5.54 Å². The molecule has 1 unspecified atom stereocenters. The molecule has 0 aromatic heterocycles. The first-order valence-electron chi connectivity index (χ1n) is 7.60. The van der Waals surface area contributed by atoms with Gasteiger partial charge in [0.05, 0.1) is 4.92 Å². The van der Waals surface area contributed by atoms with E-state index in [1.165, 1.54) is 12.1 Å². The first-order chi connectivity index (χ1) is 12.3. The van der Waals surface area contributed by atoms with Crippen LogP contribution in [0.2, 0.25) is 0 Å². The van der Waals surface area contributed by atoms with Crippen LogP contribution in [0.25, 0.3) is 0 Å². The van der Waals surface area contributed by atoms with Gasteiger partial charge in [-0.25, -0.2) is 4.79 Å². The molecule has 0 saturated carbocycles. The Labute approximate surface area is 147 Å². The fourth-order valence-corrected chi connectivity index (χ4v) is 2.61. The van der Waals surface area contributed by atoms with E-state index < -0.39 is 28.3 Å². The summed E-state index contributed by atoms with van der Waals surface area (Å²) in [4.78, 5) is 47.2. The molecule has 1 fully saturated rings. The highest BCUT2D eigenvalue weighted by atomic mass is 16.6. The molecule has 0 radical (unpaired) electrons. The Hall–Kier alpha value is -3.75. The normalized spacial score (nSPS) is 19.2. The smallest absolute Gasteiger partial charge is 0.318 e. The van der Waals surface area contributed by atoms with E-state index in [0.717, 1.165) is 12.1 Å². The first kappa shape index (κ1) is 17.1. The maximum Gasteiger partial charge on any atom is 0.344 e. The van der Waals surface area contributed by atoms with Crippen LogP contribution >= 0.6 is 0 Å². The van der Waals surface area contributed by atoms with Crippen LogP contribution in [0.1, 0.15) is 22.8 Å². The Morgan fingerprint density at radius 3 is 2.31 bits per heavy atom. The van der Waals surface area contributed by atoms with E-state index in [2.05, 4.69) is 10.7 Å². The van der Waals surface area contributed by atoms with Gasteiger partial charge in [-0.15, -0.1) is 0 Å². The molecule has 132 valence electrons. The maximum atomic E-state index is 12.7. The summed E-state index contributed by atoms with van der Waals surface area (Å²) in [6.45, 7) is 1.54. The lowest BCUT2D eigenvalue weighted by Gasteiger charge is -2.22. The molecule has 1 atom stereocenters. The van der Waals surface area contributed by atoms with Crippen LogP contribution < -0.4 is 10.7 Å². The minimum atomic E-state index is -1.30. The Bertz CT molecular complexity index is 897. The predicted molar refractivity (Wildman–Crippen MR) is 89.7 cm³/mol. The number of nitro groups is 1. The fourth-order valence-electron chi connectivity index (χ4n) is 2.61. The Kier molecular flexibility index (Phi) is 4.13. The van der Waals surface area contributed by atoms with Crippen LogP contribution in [0.3, 0.4) is 0 Å². The number of imide groups is 1. The van der Waals surface area contributed by atoms with Crippen molar-refractivity contribution >= 4 is 23.5 Å². The van der Waals surface area contributed by atoms with Gasteiger partial charge >= 0.3 is 6.03 Å². The molecule has 9 heteroatoms. The molecule has 3 rings (SSSR count). The molecule has 0 bridgehead atoms. The molecule has 9 nitrogen and oxygen atoms in total. The highest BCUT2D eigenvalue weighted by Crippen LogP contribution is 2.27. The van der Waals surface area contributed by atoms with Crippen molar-refractivity contribution in [2.45, 2.75) is 12.5 Å². The summed E-state index contributed by atoms with van der Waals surface area (Å²) in [7, 11) is 0. The number of urea groups is 1. The first-order valence-corrected chi connectivity index (χ1v) is 7.60. The van der Waals surface area contributed by atoms with Crippen LogP contribution in [-0.4, -0.2) is 27.8 Å². The number of nitro benzene ring substituents is 1. The number of nitrogens with one attached hydrogen (secondary N) is 2. The average molecular weight is 354 g/mol. The lowest BCUT2D eigenvalue weighted by molar-refractivity contribution is -0.384. The van der Waals surface area contributed by atoms with Gasteiger partial charge in [0, 0.05) is 17.7 Å². The Morgan fingerprint density at radius 2 is 1.73 bits per heavy atom. The molecular formula is C17H14N4O5. The molecule has 1 heterocycles. The molecule has 0 aliphatic carbocycles. The van der Waals surface area contributed by atoms with Crippen molar-refractivity contribution in [3.63, 3.8) is 0 Å². The molecule has 2 N–H and O–H groups in total. The third-order valence-electron chi connectivity index (χ3n) is 4.10. The molecular weight excluding hydrogens is 340 g/mol. The summed E-state index contributed by atoms with van der Waals surface area (Å²) < 4.78 is 0. The summed E-state index contributed by atoms with van der Waals surface area (Å²) in [5.74, 6) is -1.37. The fraction of sp³-hybridized carbons (Fsp3) is 0.118. The van der Waals surface area contributed by atoms with Gasteiger partial charge in [-0.05, 0) is 24.6 Å².